The number of carbonyl (C=O) groups is 2. The Hall–Kier alpha value is -3.58. The van der Waals surface area contributed by atoms with Crippen LogP contribution in [0.4, 0.5) is 0 Å². The van der Waals surface area contributed by atoms with E-state index in [-0.39, 0.29) is 19.1 Å². The summed E-state index contributed by atoms with van der Waals surface area (Å²) in [6, 6.07) is 14.6. The van der Waals surface area contributed by atoms with Gasteiger partial charge in [-0.15, -0.1) is 0 Å². The van der Waals surface area contributed by atoms with E-state index in [0.29, 0.717) is 21.7 Å². The molecule has 0 aliphatic heterocycles. The molecule has 0 saturated heterocycles. The maximum Gasteiger partial charge on any atom is 0.340 e. The molecule has 7 nitrogen and oxygen atoms in total. The Morgan fingerprint density at radius 1 is 1.03 bits per heavy atom. The van der Waals surface area contributed by atoms with Crippen LogP contribution < -0.4 is 4.74 Å². The number of halogens is 1. The minimum atomic E-state index is -0.413. The molecule has 0 radical (unpaired) electrons. The minimum absolute atomic E-state index is 0.181. The maximum absolute atomic E-state index is 12.8. The van der Waals surface area contributed by atoms with Gasteiger partial charge in [-0.3, -0.25) is 4.79 Å². The first-order chi connectivity index (χ1) is 15.8. The zero-order valence-corrected chi connectivity index (χ0v) is 19.6. The molecule has 0 fully saturated rings. The van der Waals surface area contributed by atoms with Crippen LogP contribution in [0.2, 0.25) is 5.02 Å². The molecule has 4 rings (SSSR count). The number of benzene rings is 2. The number of hydrogen-bond acceptors (Lipinski definition) is 5. The first-order valence-electron chi connectivity index (χ1n) is 10.6. The van der Waals surface area contributed by atoms with Gasteiger partial charge < -0.3 is 14.0 Å². The van der Waals surface area contributed by atoms with Crippen molar-refractivity contribution in [3.63, 3.8) is 0 Å². The fourth-order valence-corrected chi connectivity index (χ4v) is 4.08. The Kier molecular flexibility index (Phi) is 6.24. The van der Waals surface area contributed by atoms with Crippen molar-refractivity contribution in [1.29, 1.82) is 0 Å². The van der Waals surface area contributed by atoms with Gasteiger partial charge in [0.15, 0.2) is 6.61 Å². The second-order valence-corrected chi connectivity index (χ2v) is 8.13. The minimum Gasteiger partial charge on any atom is -0.484 e. The van der Waals surface area contributed by atoms with E-state index in [9.17, 15) is 9.59 Å². The largest absolute Gasteiger partial charge is 0.484 e. The fraction of sp³-hybridized carbons (Fsp3) is 0.240. The predicted molar refractivity (Wildman–Crippen MR) is 127 cm³/mol. The smallest absolute Gasteiger partial charge is 0.340 e. The molecule has 0 spiro atoms. The molecule has 0 atom stereocenters. The van der Waals surface area contributed by atoms with E-state index in [0.717, 1.165) is 28.3 Å². The van der Waals surface area contributed by atoms with Gasteiger partial charge in [0.1, 0.15) is 5.75 Å². The van der Waals surface area contributed by atoms with Gasteiger partial charge >= 0.3 is 5.97 Å². The molecular weight excluding hydrogens is 442 g/mol. The SMILES string of the molecule is CCOC(=O)c1c(C)n(-c2ccc(Cl)cc2)c2ccc(OCC(=O)n3nc(C)cc3C)cc12. The highest BCUT2D eigenvalue weighted by Gasteiger charge is 2.22. The molecule has 0 saturated carbocycles. The van der Waals surface area contributed by atoms with Crippen LogP contribution in [0.25, 0.3) is 16.6 Å². The Morgan fingerprint density at radius 3 is 2.39 bits per heavy atom. The number of rotatable bonds is 6. The van der Waals surface area contributed by atoms with Gasteiger partial charge in [-0.05, 0) is 76.2 Å². The highest BCUT2D eigenvalue weighted by molar-refractivity contribution is 6.30. The molecule has 4 aromatic rings. The van der Waals surface area contributed by atoms with Crippen molar-refractivity contribution in [1.82, 2.24) is 14.3 Å². The summed E-state index contributed by atoms with van der Waals surface area (Å²) in [4.78, 5) is 25.4. The lowest BCUT2D eigenvalue weighted by Gasteiger charge is -2.10. The normalized spacial score (nSPS) is 11.1. The van der Waals surface area contributed by atoms with Crippen LogP contribution in [0.15, 0.2) is 48.5 Å². The monoisotopic (exact) mass is 465 g/mol. The van der Waals surface area contributed by atoms with Gasteiger partial charge in [-0.25, -0.2) is 9.48 Å². The average Bonchev–Trinajstić information content (AvgIpc) is 3.27. The number of hydrogen-bond donors (Lipinski definition) is 0. The zero-order chi connectivity index (χ0) is 23.7. The molecule has 8 heteroatoms. The molecule has 0 bridgehead atoms. The molecular formula is C25H24ClN3O4. The molecule has 2 aromatic heterocycles. The quantitative estimate of drug-likeness (QED) is 0.361. The van der Waals surface area contributed by atoms with Gasteiger partial charge in [0.25, 0.3) is 5.91 Å². The summed E-state index contributed by atoms with van der Waals surface area (Å²) in [5.74, 6) is -0.221. The summed E-state index contributed by atoms with van der Waals surface area (Å²) in [6.07, 6.45) is 0. The summed E-state index contributed by atoms with van der Waals surface area (Å²) >= 11 is 6.06. The van der Waals surface area contributed by atoms with Crippen LogP contribution in [0, 0.1) is 20.8 Å². The molecule has 0 N–H and O–H groups in total. The standard InChI is InChI=1S/C25H24ClN3O4/c1-5-32-25(31)24-17(4)28(19-8-6-18(26)7-9-19)22-11-10-20(13-21(22)24)33-14-23(30)29-16(3)12-15(2)27-29/h6-13H,5,14H2,1-4H3. The van der Waals surface area contributed by atoms with Crippen LogP contribution in [0.5, 0.6) is 5.75 Å². The van der Waals surface area contributed by atoms with E-state index in [2.05, 4.69) is 5.10 Å². The van der Waals surface area contributed by atoms with E-state index in [1.54, 1.807) is 31.2 Å². The number of aromatic nitrogens is 3. The lowest BCUT2D eigenvalue weighted by atomic mass is 10.1. The van der Waals surface area contributed by atoms with Gasteiger partial charge in [0.2, 0.25) is 0 Å². The number of fused-ring (bicyclic) bond motifs is 1. The van der Waals surface area contributed by atoms with E-state index in [1.807, 2.05) is 49.6 Å². The molecule has 170 valence electrons. The Bertz CT molecular complexity index is 1350. The lowest BCUT2D eigenvalue weighted by molar-refractivity contribution is 0.0527. The summed E-state index contributed by atoms with van der Waals surface area (Å²) in [5.41, 5.74) is 4.39. The van der Waals surface area contributed by atoms with E-state index >= 15 is 0 Å². The van der Waals surface area contributed by atoms with Gasteiger partial charge in [-0.2, -0.15) is 5.10 Å². The van der Waals surface area contributed by atoms with Crippen molar-refractivity contribution in [3.8, 4) is 11.4 Å². The van der Waals surface area contributed by atoms with Crippen molar-refractivity contribution in [2.24, 2.45) is 0 Å². The van der Waals surface area contributed by atoms with Crippen molar-refractivity contribution in [2.75, 3.05) is 13.2 Å². The molecule has 2 heterocycles. The first kappa shape index (κ1) is 22.6. The highest BCUT2D eigenvalue weighted by Crippen LogP contribution is 2.33. The number of aryl methyl sites for hydroxylation is 2. The molecule has 0 aliphatic rings. The third-order valence-electron chi connectivity index (χ3n) is 5.35. The first-order valence-corrected chi connectivity index (χ1v) is 10.9. The molecule has 0 aliphatic carbocycles. The number of carbonyl (C=O) groups excluding carboxylic acids is 2. The Morgan fingerprint density at radius 2 is 1.76 bits per heavy atom. The number of ether oxygens (including phenoxy) is 2. The van der Waals surface area contributed by atoms with Crippen LogP contribution in [0.1, 0.15) is 39.2 Å². The van der Waals surface area contributed by atoms with Crippen molar-refractivity contribution in [3.05, 3.63) is 76.2 Å². The molecule has 0 amide bonds. The van der Waals surface area contributed by atoms with Crippen molar-refractivity contribution < 1.29 is 19.1 Å². The maximum atomic E-state index is 12.8. The van der Waals surface area contributed by atoms with Crippen molar-refractivity contribution >= 4 is 34.4 Å². The van der Waals surface area contributed by atoms with Crippen LogP contribution >= 0.6 is 11.6 Å². The predicted octanol–water partition coefficient (Wildman–Crippen LogP) is 5.30. The van der Waals surface area contributed by atoms with Crippen LogP contribution in [0.3, 0.4) is 0 Å². The molecule has 0 unspecified atom stereocenters. The third-order valence-corrected chi connectivity index (χ3v) is 5.60. The van der Waals surface area contributed by atoms with Crippen LogP contribution in [-0.2, 0) is 4.74 Å². The van der Waals surface area contributed by atoms with E-state index in [1.165, 1.54) is 4.68 Å². The topological polar surface area (TPSA) is 75.3 Å². The summed E-state index contributed by atoms with van der Waals surface area (Å²) in [6.45, 7) is 7.37. The fourth-order valence-electron chi connectivity index (χ4n) is 3.96. The lowest BCUT2D eigenvalue weighted by Crippen LogP contribution is -2.21. The Balaban J connectivity index is 1.73. The van der Waals surface area contributed by atoms with Crippen molar-refractivity contribution in [2.45, 2.75) is 27.7 Å². The zero-order valence-electron chi connectivity index (χ0n) is 18.9. The van der Waals surface area contributed by atoms with E-state index in [4.69, 9.17) is 21.1 Å². The van der Waals surface area contributed by atoms with Gasteiger partial charge in [0, 0.05) is 27.5 Å². The third kappa shape index (κ3) is 4.36. The second-order valence-electron chi connectivity index (χ2n) is 7.69. The highest BCUT2D eigenvalue weighted by atomic mass is 35.5. The van der Waals surface area contributed by atoms with E-state index < -0.39 is 5.97 Å². The average molecular weight is 466 g/mol. The molecule has 33 heavy (non-hydrogen) atoms. The van der Waals surface area contributed by atoms with Gasteiger partial charge in [0.05, 0.1) is 23.4 Å². The van der Waals surface area contributed by atoms with Gasteiger partial charge in [-0.1, -0.05) is 11.6 Å². The number of nitrogens with zero attached hydrogens (tertiary/aromatic N) is 3. The molecule has 2 aromatic carbocycles. The second kappa shape index (κ2) is 9.11. The Labute approximate surface area is 196 Å². The summed E-state index contributed by atoms with van der Waals surface area (Å²) in [7, 11) is 0. The summed E-state index contributed by atoms with van der Waals surface area (Å²) < 4.78 is 14.4. The van der Waals surface area contributed by atoms with Crippen LogP contribution in [-0.4, -0.2) is 39.4 Å². The number of esters is 1. The summed E-state index contributed by atoms with van der Waals surface area (Å²) in [5, 5.41) is 5.50.